The van der Waals surface area contributed by atoms with Crippen molar-refractivity contribution in [3.63, 3.8) is 0 Å². The first kappa shape index (κ1) is 15.0. The van der Waals surface area contributed by atoms with Crippen molar-refractivity contribution >= 4 is 23.1 Å². The highest BCUT2D eigenvalue weighted by atomic mass is 35.5. The van der Waals surface area contributed by atoms with Crippen molar-refractivity contribution in [1.82, 2.24) is 0 Å². The van der Waals surface area contributed by atoms with Gasteiger partial charge in [0.25, 0.3) is 0 Å². The predicted octanol–water partition coefficient (Wildman–Crippen LogP) is 5.62. The normalized spacial score (nSPS) is 21.6. The number of hydrogen-bond donors (Lipinski definition) is 0. The van der Waals surface area contributed by atoms with Crippen LogP contribution in [0.15, 0.2) is 0 Å². The maximum atomic E-state index is 10.6. The van der Waals surface area contributed by atoms with E-state index in [4.69, 9.17) is 17.3 Å². The molecule has 0 aromatic carbocycles. The monoisotopic (exact) mass is 296 g/mol. The van der Waals surface area contributed by atoms with Gasteiger partial charge in [-0.15, -0.1) is 0 Å². The molecule has 116 valence electrons. The molecule has 0 heterocycles. The summed E-state index contributed by atoms with van der Waals surface area (Å²) in [5.74, 6) is 0.263. The fraction of sp³-hybridized carbons (Fsp3) is 0.875. The molecule has 0 bridgehead atoms. The van der Waals surface area contributed by atoms with Crippen LogP contribution in [0.1, 0.15) is 84.7 Å². The quantitative estimate of drug-likeness (QED) is 0.490. The van der Waals surface area contributed by atoms with E-state index in [2.05, 4.69) is 0 Å². The van der Waals surface area contributed by atoms with Crippen molar-refractivity contribution < 1.29 is 15.3 Å². The average molecular weight is 297 g/mol. The standard InChI is InChI=1S/C7H11ClO.C7H12O.2CH4.H2/c8-7(9)6-4-2-1-3-5-6;8-6-7-4-2-1-3-5-7;;;/h6H,1-5H2;6-7H,1-5H2;2*1H4;1H/i;6D;1D;;1+1D. The van der Waals surface area contributed by atoms with E-state index in [9.17, 15) is 9.59 Å². The van der Waals surface area contributed by atoms with E-state index in [-0.39, 0.29) is 30.8 Å². The summed E-state index contributed by atoms with van der Waals surface area (Å²) in [6, 6.07) is 0. The molecule has 3 heteroatoms. The zero-order valence-electron chi connectivity index (χ0n) is 15.4. The van der Waals surface area contributed by atoms with Crippen LogP contribution in [0.3, 0.4) is 0 Å². The van der Waals surface area contributed by atoms with Gasteiger partial charge in [-0.05, 0) is 37.3 Å². The van der Waals surface area contributed by atoms with Gasteiger partial charge in [0.2, 0.25) is 5.24 Å². The molecule has 2 saturated carbocycles. The Balaban J connectivity index is -0.000000276. The van der Waals surface area contributed by atoms with Gasteiger partial charge in [0.1, 0.15) is 7.63 Å². The third kappa shape index (κ3) is 9.21. The summed E-state index contributed by atoms with van der Waals surface area (Å²) in [4.78, 5) is 21.0. The number of halogens is 1. The molecule has 0 saturated heterocycles. The minimum atomic E-state index is -0.352. The molecule has 0 amide bonds. The highest BCUT2D eigenvalue weighted by Crippen LogP contribution is 2.25. The van der Waals surface area contributed by atoms with Crippen LogP contribution in [0.2, 0.25) is 0 Å². The van der Waals surface area contributed by atoms with E-state index in [1.807, 2.05) is 0 Å². The Morgan fingerprint density at radius 2 is 1.53 bits per heavy atom. The summed E-state index contributed by atoms with van der Waals surface area (Å²) in [7, 11) is 1.25. The summed E-state index contributed by atoms with van der Waals surface area (Å²) in [6.07, 6.45) is 10.8. The number of rotatable bonds is 2. The molecule has 19 heavy (non-hydrogen) atoms. The van der Waals surface area contributed by atoms with Crippen molar-refractivity contribution in [2.24, 2.45) is 11.8 Å². The van der Waals surface area contributed by atoms with Crippen molar-refractivity contribution in [3.8, 4) is 0 Å². The first-order chi connectivity index (χ1) is 10.6. The fourth-order valence-corrected chi connectivity index (χ4v) is 2.77. The number of carbonyl (C=O) groups is 2. The van der Waals surface area contributed by atoms with E-state index in [0.717, 1.165) is 38.5 Å². The van der Waals surface area contributed by atoms with Crippen LogP contribution in [0.4, 0.5) is 0 Å². The Kier molecular flexibility index (Phi) is 10.0. The minimum Gasteiger partial charge on any atom is -0.303 e. The molecule has 0 spiro atoms. The summed E-state index contributed by atoms with van der Waals surface area (Å²) in [6.45, 7) is 0. The van der Waals surface area contributed by atoms with Crippen LogP contribution in [0.5, 0.6) is 0 Å². The van der Waals surface area contributed by atoms with Crippen molar-refractivity contribution in [1.29, 1.82) is 0 Å². The Hall–Kier alpha value is -0.370. The molecule has 0 aliphatic heterocycles. The van der Waals surface area contributed by atoms with Crippen LogP contribution < -0.4 is 0 Å². The lowest BCUT2D eigenvalue weighted by Crippen LogP contribution is -2.12. The highest BCUT2D eigenvalue weighted by Gasteiger charge is 2.18. The molecule has 2 nitrogen and oxygen atoms in total. The maximum Gasteiger partial charge on any atom is 0.224 e. The molecule has 0 aromatic heterocycles. The van der Waals surface area contributed by atoms with Crippen LogP contribution in [-0.4, -0.2) is 11.5 Å². The van der Waals surface area contributed by atoms with Crippen LogP contribution >= 0.6 is 11.6 Å². The van der Waals surface area contributed by atoms with E-state index >= 15 is 0 Å². The zero-order chi connectivity index (χ0) is 17.4. The topological polar surface area (TPSA) is 34.1 Å². The summed E-state index contributed by atoms with van der Waals surface area (Å²) in [5, 5.41) is -0.130. The van der Waals surface area contributed by atoms with E-state index in [1.165, 1.54) is 33.1 Å². The Labute approximate surface area is 130 Å². The van der Waals surface area contributed by atoms with Gasteiger partial charge in [-0.3, -0.25) is 4.79 Å². The molecule has 2 aliphatic rings. The second-order valence-corrected chi connectivity index (χ2v) is 5.46. The lowest BCUT2D eigenvalue weighted by molar-refractivity contribution is -0.116. The van der Waals surface area contributed by atoms with Gasteiger partial charge in [-0.25, -0.2) is 0 Å². The van der Waals surface area contributed by atoms with Crippen molar-refractivity contribution in [3.05, 3.63) is 0 Å². The summed E-state index contributed by atoms with van der Waals surface area (Å²) in [5.41, 5.74) is 0. The number of aldehydes is 1. The first-order valence-electron chi connectivity index (χ1n) is 9.31. The second kappa shape index (κ2) is 12.7. The highest BCUT2D eigenvalue weighted by molar-refractivity contribution is 6.63. The third-order valence-electron chi connectivity index (χ3n) is 3.70. The lowest BCUT2D eigenvalue weighted by Gasteiger charge is -2.16. The van der Waals surface area contributed by atoms with Crippen LogP contribution in [-0.2, 0) is 9.59 Å². The first-order valence-corrected chi connectivity index (χ1v) is 7.19. The fourth-order valence-electron chi connectivity index (χ4n) is 2.55. The Morgan fingerprint density at radius 3 is 1.79 bits per heavy atom. The van der Waals surface area contributed by atoms with Gasteiger partial charge in [0.05, 0.1) is 0 Å². The molecule has 0 aromatic rings. The van der Waals surface area contributed by atoms with Crippen LogP contribution in [0.25, 0.3) is 0 Å². The van der Waals surface area contributed by atoms with Crippen molar-refractivity contribution in [2.75, 3.05) is 0 Å². The van der Waals surface area contributed by atoms with Gasteiger partial charge >= 0.3 is 0 Å². The van der Waals surface area contributed by atoms with E-state index in [1.54, 1.807) is 0 Å². The molecule has 2 rings (SSSR count). The number of carbonyl (C=O) groups excluding carboxylic acids is 2. The zero-order valence-corrected chi connectivity index (χ0v) is 12.2. The minimum absolute atomic E-state index is 0. The van der Waals surface area contributed by atoms with Crippen LogP contribution in [0, 0.1) is 11.8 Å². The van der Waals surface area contributed by atoms with Gasteiger partial charge in [-0.2, -0.15) is 0 Å². The molecule has 0 unspecified atom stereocenters. The average Bonchev–Trinajstić information content (AvgIpc) is 2.60. The van der Waals surface area contributed by atoms with Gasteiger partial charge in [0, 0.05) is 16.2 Å². The summed E-state index contributed by atoms with van der Waals surface area (Å²) < 4.78 is 22.6. The molecular weight excluding hydrogens is 260 g/mol. The summed E-state index contributed by atoms with van der Waals surface area (Å²) >= 11 is 5.32. The molecule has 0 radical (unpaired) electrons. The Bertz CT molecular complexity index is 251. The Morgan fingerprint density at radius 1 is 1.11 bits per heavy atom. The molecule has 0 N–H and O–H groups in total. The molecular formula is C16H33ClO2. The van der Waals surface area contributed by atoms with Crippen molar-refractivity contribution in [2.45, 2.75) is 79.0 Å². The van der Waals surface area contributed by atoms with Gasteiger partial charge in [-0.1, -0.05) is 53.4 Å². The maximum absolute atomic E-state index is 10.6. The smallest absolute Gasteiger partial charge is 0.224 e. The number of hydrogen-bond acceptors (Lipinski definition) is 2. The second-order valence-electron chi connectivity index (χ2n) is 5.09. The largest absolute Gasteiger partial charge is 0.303 e. The molecule has 0 atom stereocenters. The molecule has 2 fully saturated rings. The third-order valence-corrected chi connectivity index (χ3v) is 4.01. The lowest BCUT2D eigenvalue weighted by atomic mass is 9.90. The SMILES string of the molecule is C.O=C(Cl)C1CCCCC1.[2H]C.[2H]C(=O)C1CCCCC1.[2H][2H]. The predicted molar refractivity (Wildman–Crippen MR) is 85.7 cm³/mol. The molecule has 2 aliphatic carbocycles. The van der Waals surface area contributed by atoms with Gasteiger partial charge < -0.3 is 4.79 Å². The van der Waals surface area contributed by atoms with E-state index in [0.29, 0.717) is 0 Å². The van der Waals surface area contributed by atoms with Gasteiger partial charge in [0.15, 0.2) is 0 Å². The van der Waals surface area contributed by atoms with E-state index < -0.39 is 0 Å².